The van der Waals surface area contributed by atoms with Crippen LogP contribution >= 0.6 is 0 Å². The lowest BCUT2D eigenvalue weighted by Gasteiger charge is -2.18. The maximum absolute atomic E-state index is 6.15. The van der Waals surface area contributed by atoms with E-state index in [0.717, 1.165) is 46.8 Å². The van der Waals surface area contributed by atoms with Crippen molar-refractivity contribution >= 4 is 17.4 Å². The summed E-state index contributed by atoms with van der Waals surface area (Å²) in [7, 11) is 1.63. The molecule has 0 spiro atoms. The molecule has 7 heteroatoms. The average Bonchev–Trinajstić information content (AvgIpc) is 3.45. The van der Waals surface area contributed by atoms with E-state index in [-0.39, 0.29) is 0 Å². The lowest BCUT2D eigenvalue weighted by Crippen LogP contribution is -2.21. The highest BCUT2D eigenvalue weighted by molar-refractivity contribution is 5.66. The first-order valence-corrected chi connectivity index (χ1v) is 11.9. The van der Waals surface area contributed by atoms with Crippen LogP contribution in [0.2, 0.25) is 0 Å². The number of allylic oxidation sites excluding steroid dienone is 3. The molecule has 1 aliphatic rings. The molecule has 0 radical (unpaired) electrons. The highest BCUT2D eigenvalue weighted by Gasteiger charge is 2.24. The lowest BCUT2D eigenvalue weighted by atomic mass is 10.1. The highest BCUT2D eigenvalue weighted by atomic mass is 16.5. The number of rotatable bonds is 11. The molecule has 7 nitrogen and oxygen atoms in total. The number of ether oxygens (including phenoxy) is 2. The fourth-order valence-corrected chi connectivity index (χ4v) is 4.07. The Labute approximate surface area is 195 Å². The number of aromatic nitrogens is 4. The van der Waals surface area contributed by atoms with Crippen LogP contribution in [0.1, 0.15) is 57.0 Å². The minimum Gasteiger partial charge on any atom is -0.439 e. The van der Waals surface area contributed by atoms with Gasteiger partial charge < -0.3 is 14.4 Å². The van der Waals surface area contributed by atoms with Crippen molar-refractivity contribution in [3.8, 4) is 5.75 Å². The summed E-state index contributed by atoms with van der Waals surface area (Å²) in [6, 6.07) is 8.23. The van der Waals surface area contributed by atoms with Gasteiger partial charge in [-0.15, -0.1) is 9.73 Å². The number of methoxy groups -OCH3 is 1. The van der Waals surface area contributed by atoms with Gasteiger partial charge in [-0.25, -0.2) is 4.98 Å². The summed E-state index contributed by atoms with van der Waals surface area (Å²) in [6.45, 7) is 5.55. The van der Waals surface area contributed by atoms with Crippen LogP contribution in [0.3, 0.4) is 0 Å². The molecule has 2 aromatic heterocycles. The fraction of sp³-hybridized carbons (Fsp3) is 0.423. The smallest absolute Gasteiger partial charge is 0.200 e. The molecular weight excluding hydrogens is 414 g/mol. The molecule has 0 amide bonds. The first-order chi connectivity index (χ1) is 16.2. The van der Waals surface area contributed by atoms with Crippen molar-refractivity contribution in [3.63, 3.8) is 0 Å². The van der Waals surface area contributed by atoms with Gasteiger partial charge >= 0.3 is 0 Å². The molecule has 0 bridgehead atoms. The van der Waals surface area contributed by atoms with Gasteiger partial charge in [-0.3, -0.25) is 0 Å². The number of anilines is 1. The quantitative estimate of drug-likeness (QED) is 0.396. The van der Waals surface area contributed by atoms with Gasteiger partial charge in [-0.2, -0.15) is 5.10 Å². The summed E-state index contributed by atoms with van der Waals surface area (Å²) in [4.78, 5) is 6.81. The molecule has 0 atom stereocenters. The normalized spacial score (nSPS) is 15.3. The summed E-state index contributed by atoms with van der Waals surface area (Å²) >= 11 is 0. The predicted molar refractivity (Wildman–Crippen MR) is 131 cm³/mol. The molecule has 174 valence electrons. The summed E-state index contributed by atoms with van der Waals surface area (Å²) in [5, 5.41) is 9.75. The predicted octanol–water partition coefficient (Wildman–Crippen LogP) is 4.74. The Morgan fingerprint density at radius 1 is 1.00 bits per heavy atom. The van der Waals surface area contributed by atoms with Crippen molar-refractivity contribution < 1.29 is 9.47 Å². The van der Waals surface area contributed by atoms with Crippen molar-refractivity contribution in [2.45, 2.75) is 59.0 Å². The van der Waals surface area contributed by atoms with E-state index in [1.807, 2.05) is 43.4 Å². The number of aryl methyl sites for hydroxylation is 1. The largest absolute Gasteiger partial charge is 0.439 e. The molecule has 4 rings (SSSR count). The molecule has 0 N–H and O–H groups in total. The van der Waals surface area contributed by atoms with Gasteiger partial charge in [-0.05, 0) is 37.6 Å². The number of hydrogen-bond donors (Lipinski definition) is 0. The average molecular weight is 448 g/mol. The second-order valence-corrected chi connectivity index (χ2v) is 8.32. The van der Waals surface area contributed by atoms with Crippen LogP contribution in [0.15, 0.2) is 48.4 Å². The van der Waals surface area contributed by atoms with E-state index in [9.17, 15) is 0 Å². The minimum absolute atomic E-state index is 0.371. The van der Waals surface area contributed by atoms with Crippen molar-refractivity contribution in [1.29, 1.82) is 0 Å². The third-order valence-electron chi connectivity index (χ3n) is 5.77. The number of benzene rings is 1. The van der Waals surface area contributed by atoms with E-state index in [1.54, 1.807) is 11.7 Å². The van der Waals surface area contributed by atoms with E-state index < -0.39 is 0 Å². The Balaban J connectivity index is 1.48. The summed E-state index contributed by atoms with van der Waals surface area (Å²) in [5.74, 6) is 2.41. The number of unbranched alkanes of at least 4 members (excludes halogenated alkanes) is 5. The SMILES string of the molecule is CCCCCCCCN1/C(=C/C=C/C=c2/c(C)nn3nc(COC)nc23)Oc2ccccc21. The number of hydrogen-bond acceptors (Lipinski definition) is 6. The van der Waals surface area contributed by atoms with Crippen molar-refractivity contribution in [2.75, 3.05) is 18.6 Å². The van der Waals surface area contributed by atoms with E-state index in [2.05, 4.69) is 39.1 Å². The fourth-order valence-electron chi connectivity index (χ4n) is 4.07. The molecule has 3 heterocycles. The molecule has 0 saturated heterocycles. The van der Waals surface area contributed by atoms with Crippen LogP contribution in [0.4, 0.5) is 5.69 Å². The molecular formula is C26H33N5O2. The van der Waals surface area contributed by atoms with Crippen molar-refractivity contribution in [1.82, 2.24) is 19.8 Å². The topological polar surface area (TPSA) is 64.8 Å². The minimum atomic E-state index is 0.371. The van der Waals surface area contributed by atoms with Gasteiger partial charge in [0.25, 0.3) is 0 Å². The Morgan fingerprint density at radius 2 is 1.79 bits per heavy atom. The second kappa shape index (κ2) is 11.1. The molecule has 0 fully saturated rings. The van der Waals surface area contributed by atoms with Crippen LogP contribution < -0.4 is 14.9 Å². The van der Waals surface area contributed by atoms with E-state index in [0.29, 0.717) is 12.4 Å². The first kappa shape index (κ1) is 23.0. The molecule has 1 aliphatic heterocycles. The third kappa shape index (κ3) is 5.42. The van der Waals surface area contributed by atoms with Crippen LogP contribution in [0.25, 0.3) is 11.7 Å². The maximum atomic E-state index is 6.15. The van der Waals surface area contributed by atoms with Gasteiger partial charge in [0.2, 0.25) is 5.88 Å². The van der Waals surface area contributed by atoms with Gasteiger partial charge in [-0.1, -0.05) is 63.3 Å². The zero-order valence-corrected chi connectivity index (χ0v) is 19.8. The second-order valence-electron chi connectivity index (χ2n) is 8.32. The van der Waals surface area contributed by atoms with Gasteiger partial charge in [0, 0.05) is 18.9 Å². The standard InChI is InChI=1S/C26H33N5O2/c1-4-5-6-7-8-13-18-30-22-15-10-11-16-23(22)33-25(30)17-12-9-14-21-20(2)28-31-26(21)27-24(29-31)19-32-3/h9-12,14-17H,4-8,13,18-19H2,1-3H3/b12-9+,21-14-,25-17-. The van der Waals surface area contributed by atoms with Gasteiger partial charge in [0.1, 0.15) is 6.61 Å². The summed E-state index contributed by atoms with van der Waals surface area (Å²) in [6.07, 6.45) is 15.7. The molecule has 3 aromatic rings. The van der Waals surface area contributed by atoms with E-state index in [1.165, 1.54) is 32.1 Å². The first-order valence-electron chi connectivity index (χ1n) is 11.9. The molecule has 33 heavy (non-hydrogen) atoms. The maximum Gasteiger partial charge on any atom is 0.200 e. The summed E-state index contributed by atoms with van der Waals surface area (Å²) < 4.78 is 12.8. The van der Waals surface area contributed by atoms with Crippen LogP contribution in [0.5, 0.6) is 5.75 Å². The Bertz CT molecular complexity index is 1180. The molecule has 0 saturated carbocycles. The zero-order chi connectivity index (χ0) is 23.0. The monoisotopic (exact) mass is 447 g/mol. The van der Waals surface area contributed by atoms with Crippen molar-refractivity contribution in [2.24, 2.45) is 0 Å². The molecule has 0 unspecified atom stereocenters. The van der Waals surface area contributed by atoms with Crippen LogP contribution in [-0.4, -0.2) is 33.5 Å². The van der Waals surface area contributed by atoms with E-state index >= 15 is 0 Å². The zero-order valence-electron chi connectivity index (χ0n) is 19.8. The Hall–Kier alpha value is -3.19. The molecule has 1 aromatic carbocycles. The van der Waals surface area contributed by atoms with Gasteiger partial charge in [0.15, 0.2) is 17.2 Å². The number of nitrogens with zero attached hydrogens (tertiary/aromatic N) is 5. The lowest BCUT2D eigenvalue weighted by molar-refractivity contribution is 0.178. The van der Waals surface area contributed by atoms with Crippen LogP contribution in [0, 0.1) is 6.92 Å². The van der Waals surface area contributed by atoms with E-state index in [4.69, 9.17) is 9.47 Å². The van der Waals surface area contributed by atoms with Crippen LogP contribution in [-0.2, 0) is 11.3 Å². The third-order valence-corrected chi connectivity index (χ3v) is 5.77. The number of para-hydroxylation sites is 2. The van der Waals surface area contributed by atoms with Gasteiger partial charge in [0.05, 0.1) is 11.4 Å². The number of fused-ring (bicyclic) bond motifs is 2. The Morgan fingerprint density at radius 3 is 2.64 bits per heavy atom. The highest BCUT2D eigenvalue weighted by Crippen LogP contribution is 2.38. The summed E-state index contributed by atoms with van der Waals surface area (Å²) in [5.41, 5.74) is 2.77. The Kier molecular flexibility index (Phi) is 7.73. The molecule has 0 aliphatic carbocycles. The van der Waals surface area contributed by atoms with Crippen molar-refractivity contribution in [3.05, 3.63) is 65.1 Å².